The van der Waals surface area contributed by atoms with Crippen LogP contribution in [0.1, 0.15) is 19.8 Å². The van der Waals surface area contributed by atoms with Gasteiger partial charge < -0.3 is 4.74 Å². The predicted octanol–water partition coefficient (Wildman–Crippen LogP) is 1.97. The van der Waals surface area contributed by atoms with Crippen molar-refractivity contribution in [3.05, 3.63) is 21.5 Å². The number of ether oxygens (including phenoxy) is 1. The minimum atomic E-state index is -0.189. The molecular weight excluding hydrogens is 251 g/mol. The van der Waals surface area contributed by atoms with Gasteiger partial charge in [0.2, 0.25) is 0 Å². The summed E-state index contributed by atoms with van der Waals surface area (Å²) in [7, 11) is 0. The van der Waals surface area contributed by atoms with Crippen LogP contribution in [0, 0.1) is 5.92 Å². The van der Waals surface area contributed by atoms with E-state index >= 15 is 0 Å². The van der Waals surface area contributed by atoms with E-state index in [0.717, 1.165) is 11.1 Å². The summed E-state index contributed by atoms with van der Waals surface area (Å²) in [6.07, 6.45) is 1.16. The van der Waals surface area contributed by atoms with Crippen LogP contribution in [0.25, 0.3) is 0 Å². The number of nitrogens with one attached hydrogen (secondary N) is 2. The Morgan fingerprint density at radius 3 is 2.25 bits per heavy atom. The van der Waals surface area contributed by atoms with Crippen LogP contribution in [0.3, 0.4) is 0 Å². The second-order valence-electron chi connectivity index (χ2n) is 3.69. The van der Waals surface area contributed by atoms with Gasteiger partial charge in [-0.3, -0.25) is 15.6 Å². The Hall–Kier alpha value is -0.870. The van der Waals surface area contributed by atoms with Crippen molar-refractivity contribution in [3.63, 3.8) is 0 Å². The average Bonchev–Trinajstić information content (AvgIpc) is 2.70. The van der Waals surface area contributed by atoms with Crippen molar-refractivity contribution in [1.82, 2.24) is 10.9 Å². The van der Waals surface area contributed by atoms with Crippen LogP contribution in [0.4, 0.5) is 0 Å². The molecule has 0 aromatic carbocycles. The van der Waals surface area contributed by atoms with Crippen LogP contribution in [-0.2, 0) is 9.53 Å². The zero-order valence-corrected chi connectivity index (χ0v) is 10.3. The van der Waals surface area contributed by atoms with E-state index in [1.54, 1.807) is 6.92 Å². The highest BCUT2D eigenvalue weighted by molar-refractivity contribution is 6.32. The standard InChI is InChI=1S/C10H12Cl2N2O2/c1-2-16-10(15)5-3-6-7(4-5)9(12)14-13-8(6)11/h5,13-14H,2-4H2,1H3. The van der Waals surface area contributed by atoms with E-state index in [4.69, 9.17) is 27.9 Å². The van der Waals surface area contributed by atoms with Crippen molar-refractivity contribution in [2.24, 2.45) is 5.92 Å². The first kappa shape index (κ1) is 11.6. The molecule has 88 valence electrons. The van der Waals surface area contributed by atoms with E-state index in [1.807, 2.05) is 0 Å². The summed E-state index contributed by atoms with van der Waals surface area (Å²) in [5, 5.41) is 1.01. The summed E-state index contributed by atoms with van der Waals surface area (Å²) < 4.78 is 4.99. The van der Waals surface area contributed by atoms with E-state index < -0.39 is 0 Å². The molecule has 1 saturated carbocycles. The van der Waals surface area contributed by atoms with Crippen molar-refractivity contribution < 1.29 is 9.53 Å². The Kier molecular flexibility index (Phi) is 3.30. The van der Waals surface area contributed by atoms with Gasteiger partial charge in [0.05, 0.1) is 12.5 Å². The molecule has 0 bridgehead atoms. The fourth-order valence-electron chi connectivity index (χ4n) is 1.94. The first-order chi connectivity index (χ1) is 7.63. The second-order valence-corrected chi connectivity index (χ2v) is 4.45. The van der Waals surface area contributed by atoms with Crippen molar-refractivity contribution >= 4 is 29.2 Å². The number of hydrogen-bond donors (Lipinski definition) is 2. The Labute approximate surface area is 104 Å². The van der Waals surface area contributed by atoms with Gasteiger partial charge >= 0.3 is 5.97 Å². The summed E-state index contributed by atoms with van der Waals surface area (Å²) >= 11 is 12.0. The first-order valence-electron chi connectivity index (χ1n) is 5.09. The van der Waals surface area contributed by atoms with Crippen LogP contribution in [0.2, 0.25) is 0 Å². The lowest BCUT2D eigenvalue weighted by molar-refractivity contribution is -0.147. The molecule has 0 radical (unpaired) electrons. The molecular formula is C10H12Cl2N2O2. The molecule has 1 heterocycles. The smallest absolute Gasteiger partial charge is 0.309 e. The molecule has 1 fully saturated rings. The number of hydrogen-bond acceptors (Lipinski definition) is 4. The molecule has 16 heavy (non-hydrogen) atoms. The second kappa shape index (κ2) is 4.55. The van der Waals surface area contributed by atoms with Crippen LogP contribution in [-0.4, -0.2) is 12.6 Å². The fraction of sp³-hybridized carbons (Fsp3) is 0.500. The predicted molar refractivity (Wildman–Crippen MR) is 61.4 cm³/mol. The molecule has 0 saturated heterocycles. The molecule has 2 N–H and O–H groups in total. The molecule has 0 aromatic rings. The molecule has 0 spiro atoms. The number of allylic oxidation sites excluding steroid dienone is 2. The maximum absolute atomic E-state index is 11.6. The van der Waals surface area contributed by atoms with Crippen molar-refractivity contribution in [1.29, 1.82) is 0 Å². The number of fused-ring (bicyclic) bond motifs is 1. The highest BCUT2D eigenvalue weighted by atomic mass is 35.5. The monoisotopic (exact) mass is 262 g/mol. The number of hydrazine groups is 1. The highest BCUT2D eigenvalue weighted by Gasteiger charge is 2.35. The minimum absolute atomic E-state index is 0.172. The normalized spacial score (nSPS) is 20.4. The molecule has 2 aliphatic rings. The molecule has 4 nitrogen and oxygen atoms in total. The lowest BCUT2D eigenvalue weighted by atomic mass is 10.1. The lowest BCUT2D eigenvalue weighted by Crippen LogP contribution is -2.31. The summed E-state index contributed by atoms with van der Waals surface area (Å²) in [5.74, 6) is -0.361. The number of rotatable bonds is 2. The van der Waals surface area contributed by atoms with Gasteiger partial charge in [-0.25, -0.2) is 0 Å². The summed E-state index contributed by atoms with van der Waals surface area (Å²) in [6.45, 7) is 2.19. The van der Waals surface area contributed by atoms with Gasteiger partial charge in [0.1, 0.15) is 10.3 Å². The summed E-state index contributed by atoms with van der Waals surface area (Å²) in [6, 6.07) is 0. The maximum Gasteiger partial charge on any atom is 0.309 e. The van der Waals surface area contributed by atoms with Crippen molar-refractivity contribution in [2.75, 3.05) is 6.61 Å². The molecule has 0 unspecified atom stereocenters. The number of esters is 1. The lowest BCUT2D eigenvalue weighted by Gasteiger charge is -2.18. The van der Waals surface area contributed by atoms with Crippen LogP contribution in [0.5, 0.6) is 0 Å². The molecule has 6 heteroatoms. The third kappa shape index (κ3) is 1.99. The Balaban J connectivity index is 2.19. The number of carbonyl (C=O) groups excluding carboxylic acids is 1. The fourth-order valence-corrected chi connectivity index (χ4v) is 2.42. The van der Waals surface area contributed by atoms with Crippen molar-refractivity contribution in [2.45, 2.75) is 19.8 Å². The maximum atomic E-state index is 11.6. The topological polar surface area (TPSA) is 50.4 Å². The molecule has 1 aliphatic carbocycles. The minimum Gasteiger partial charge on any atom is -0.466 e. The molecule has 0 aromatic heterocycles. The van der Waals surface area contributed by atoms with Crippen LogP contribution < -0.4 is 10.9 Å². The van der Waals surface area contributed by atoms with Gasteiger partial charge in [-0.15, -0.1) is 0 Å². The molecule has 1 aliphatic heterocycles. The zero-order chi connectivity index (χ0) is 11.7. The van der Waals surface area contributed by atoms with Gasteiger partial charge in [0.15, 0.2) is 0 Å². The van der Waals surface area contributed by atoms with Gasteiger partial charge in [0, 0.05) is 0 Å². The summed E-state index contributed by atoms with van der Waals surface area (Å²) in [4.78, 5) is 11.6. The van der Waals surface area contributed by atoms with Gasteiger partial charge in [-0.2, -0.15) is 0 Å². The molecule has 0 atom stereocenters. The van der Waals surface area contributed by atoms with E-state index in [2.05, 4.69) is 10.9 Å². The third-order valence-electron chi connectivity index (χ3n) is 2.70. The SMILES string of the molecule is CCOC(=O)C1CC2=C(Cl)NNC(Cl)=C2C1. The van der Waals surface area contributed by atoms with Crippen LogP contribution >= 0.6 is 23.2 Å². The van der Waals surface area contributed by atoms with Gasteiger partial charge in [0.25, 0.3) is 0 Å². The van der Waals surface area contributed by atoms with Gasteiger partial charge in [-0.05, 0) is 30.9 Å². The van der Waals surface area contributed by atoms with Crippen LogP contribution in [0.15, 0.2) is 21.5 Å². The Morgan fingerprint density at radius 2 is 1.81 bits per heavy atom. The van der Waals surface area contributed by atoms with Gasteiger partial charge in [-0.1, -0.05) is 23.2 Å². The Morgan fingerprint density at radius 1 is 1.31 bits per heavy atom. The molecule has 0 amide bonds. The number of halogens is 2. The quantitative estimate of drug-likeness (QED) is 0.590. The van der Waals surface area contributed by atoms with E-state index in [0.29, 0.717) is 29.8 Å². The van der Waals surface area contributed by atoms with E-state index in [-0.39, 0.29) is 11.9 Å². The highest BCUT2D eigenvalue weighted by Crippen LogP contribution is 2.41. The van der Waals surface area contributed by atoms with E-state index in [1.165, 1.54) is 0 Å². The summed E-state index contributed by atoms with van der Waals surface area (Å²) in [5.41, 5.74) is 7.31. The Bertz CT molecular complexity index is 362. The largest absolute Gasteiger partial charge is 0.466 e. The van der Waals surface area contributed by atoms with E-state index in [9.17, 15) is 4.79 Å². The third-order valence-corrected chi connectivity index (χ3v) is 3.34. The molecule has 2 rings (SSSR count). The first-order valence-corrected chi connectivity index (χ1v) is 5.85. The average molecular weight is 263 g/mol. The van der Waals surface area contributed by atoms with Crippen molar-refractivity contribution in [3.8, 4) is 0 Å². The zero-order valence-electron chi connectivity index (χ0n) is 8.77. The number of carbonyl (C=O) groups is 1.